The van der Waals surface area contributed by atoms with Gasteiger partial charge in [0.15, 0.2) is 0 Å². The number of halogens is 2. The molecular formula is C69H78F2N16O15. The number of aliphatic carboxylic acids is 1. The van der Waals surface area contributed by atoms with E-state index in [9.17, 15) is 66.9 Å². The number of carboxylic acid groups (broad SMARTS) is 1. The average Bonchev–Trinajstić information content (AvgIpc) is 1.61. The van der Waals surface area contributed by atoms with Gasteiger partial charge in [-0.25, -0.2) is 13.8 Å². The molecule has 0 radical (unpaired) electrons. The summed E-state index contributed by atoms with van der Waals surface area (Å²) in [6, 6.07) is 6.28. The number of nitrogens with two attached hydrogens (primary N) is 1. The summed E-state index contributed by atoms with van der Waals surface area (Å²) in [6.45, 7) is 3.06. The van der Waals surface area contributed by atoms with Crippen molar-refractivity contribution in [2.75, 3.05) is 19.6 Å². The van der Waals surface area contributed by atoms with Gasteiger partial charge in [-0.1, -0.05) is 24.3 Å². The Kier molecular flexibility index (Phi) is 24.1. The highest BCUT2D eigenvalue weighted by molar-refractivity contribution is 6.01. The summed E-state index contributed by atoms with van der Waals surface area (Å²) in [5, 5.41) is 46.7. The number of H-pyrrole nitrogens is 3. The molecule has 0 spiro atoms. The van der Waals surface area contributed by atoms with Gasteiger partial charge in [-0.3, -0.25) is 62.3 Å². The highest BCUT2D eigenvalue weighted by atomic mass is 19.1. The van der Waals surface area contributed by atoms with Crippen LogP contribution in [0.2, 0.25) is 0 Å². The molecule has 6 heterocycles. The molecule has 31 nitrogen and oxygen atoms in total. The molecular weight excluding hydrogens is 1330 g/mol. The minimum atomic E-state index is -2.07. The smallest absolute Gasteiger partial charge is 0.305 e. The number of aromatic hydroxyl groups is 1. The van der Waals surface area contributed by atoms with Crippen LogP contribution in [0.4, 0.5) is 8.78 Å². The van der Waals surface area contributed by atoms with Crippen LogP contribution in [0.25, 0.3) is 21.8 Å². The number of phenolic OH excluding ortho intramolecular Hbond substituents is 1. The van der Waals surface area contributed by atoms with Crippen molar-refractivity contribution in [2.45, 2.75) is 139 Å². The van der Waals surface area contributed by atoms with Crippen molar-refractivity contribution >= 4 is 98.7 Å². The monoisotopic (exact) mass is 1410 g/mol. The topological polar surface area (TPSA) is 472 Å². The number of fused-ring (bicyclic) bond motifs is 34. The van der Waals surface area contributed by atoms with Crippen molar-refractivity contribution in [1.29, 1.82) is 0 Å². The maximum atomic E-state index is 15.2. The summed E-state index contributed by atoms with van der Waals surface area (Å²) in [4.78, 5) is 196. The van der Waals surface area contributed by atoms with Crippen molar-refractivity contribution in [3.05, 3.63) is 155 Å². The van der Waals surface area contributed by atoms with Crippen LogP contribution in [0.1, 0.15) is 91.2 Å². The van der Waals surface area contributed by atoms with E-state index in [1.165, 1.54) is 123 Å². The van der Waals surface area contributed by atoms with Gasteiger partial charge in [0.2, 0.25) is 65.0 Å². The van der Waals surface area contributed by atoms with Gasteiger partial charge in [0, 0.05) is 104 Å². The average molecular weight is 1410 g/mol. The fourth-order valence-corrected chi connectivity index (χ4v) is 12.2. The van der Waals surface area contributed by atoms with E-state index in [0.717, 1.165) is 12.1 Å². The second kappa shape index (κ2) is 33.2. The first-order valence-corrected chi connectivity index (χ1v) is 32.7. The highest BCUT2D eigenvalue weighted by Crippen LogP contribution is 2.31. The van der Waals surface area contributed by atoms with Crippen molar-refractivity contribution in [1.82, 2.24) is 78.0 Å². The van der Waals surface area contributed by atoms with Gasteiger partial charge >= 0.3 is 5.97 Å². The summed E-state index contributed by atoms with van der Waals surface area (Å²) in [6.07, 6.45) is 2.95. The molecule has 9 atom stereocenters. The van der Waals surface area contributed by atoms with Gasteiger partial charge in [-0.05, 0) is 122 Å². The predicted octanol–water partition coefficient (Wildman–Crippen LogP) is -0.232. The molecule has 0 unspecified atom stereocenters. The first-order chi connectivity index (χ1) is 48.6. The zero-order chi connectivity index (χ0) is 73.5. The quantitative estimate of drug-likeness (QED) is 0.0703. The lowest BCUT2D eigenvalue weighted by Gasteiger charge is -2.37. The molecule has 7 aromatic rings. The number of carboxylic acids is 1. The van der Waals surface area contributed by atoms with Crippen molar-refractivity contribution in [3.8, 4) is 5.75 Å². The molecule has 3 aromatic heterocycles. The fraction of sp³-hybridized carbons (Fsp3) is 0.362. The molecule has 1 saturated heterocycles. The number of nitrogens with one attached hydrogen (secondary N) is 13. The van der Waals surface area contributed by atoms with Crippen LogP contribution in [0.5, 0.6) is 5.75 Å². The molecule has 2 bridgehead atoms. The zero-order valence-corrected chi connectivity index (χ0v) is 55.6. The number of carbonyl (C=O) groups excluding carboxylic acids is 12. The molecule has 0 saturated carbocycles. The number of hydrogen-bond acceptors (Lipinski definition) is 15. The fourth-order valence-electron chi connectivity index (χ4n) is 12.2. The van der Waals surface area contributed by atoms with Gasteiger partial charge in [0.05, 0.1) is 19.3 Å². The lowest BCUT2D eigenvalue weighted by atomic mass is 9.94. The van der Waals surface area contributed by atoms with Gasteiger partial charge < -0.3 is 89.0 Å². The van der Waals surface area contributed by atoms with E-state index in [-0.39, 0.29) is 90.7 Å². The predicted molar refractivity (Wildman–Crippen MR) is 360 cm³/mol. The van der Waals surface area contributed by atoms with Gasteiger partial charge in [-0.2, -0.15) is 0 Å². The van der Waals surface area contributed by atoms with Gasteiger partial charge in [0.25, 0.3) is 5.91 Å². The lowest BCUT2D eigenvalue weighted by Crippen LogP contribution is -2.63. The Bertz CT molecular complexity index is 4320. The first-order valence-electron chi connectivity index (χ1n) is 32.7. The zero-order valence-electron chi connectivity index (χ0n) is 55.6. The minimum absolute atomic E-state index is 0.00153. The van der Waals surface area contributed by atoms with Crippen LogP contribution in [0, 0.1) is 11.6 Å². The normalized spacial score (nSPS) is 23.2. The maximum absolute atomic E-state index is 15.2. The van der Waals surface area contributed by atoms with E-state index in [0.29, 0.717) is 22.0 Å². The number of primary amides is 1. The first kappa shape index (κ1) is 74.2. The Morgan fingerprint density at radius 1 is 0.657 bits per heavy atom. The molecule has 12 amide bonds. The van der Waals surface area contributed by atoms with Crippen molar-refractivity contribution < 1.29 is 81.3 Å². The molecule has 3 aliphatic heterocycles. The van der Waals surface area contributed by atoms with E-state index < -0.39 is 175 Å². The number of aromatic amines is 3. The Morgan fingerprint density at radius 2 is 1.27 bits per heavy atom. The number of nitrogens with zero attached hydrogens (tertiary/aromatic N) is 2. The second-order valence-corrected chi connectivity index (χ2v) is 25.3. The van der Waals surface area contributed by atoms with Crippen molar-refractivity contribution in [2.24, 2.45) is 5.73 Å². The number of phenols is 1. The molecule has 33 heteroatoms. The van der Waals surface area contributed by atoms with E-state index in [4.69, 9.17) is 5.73 Å². The third kappa shape index (κ3) is 19.2. The SMILES string of the molecule is CC(=O)N[C@H]1CCCNC(=O)c2ccc(cc2)C[C@@H](C(N)=O)NC(=O)[C@]2(C)CCCN2C(=O)[C@H](Cc2ccc(O)cc2)NC(=O)[C@H](Cc2cnc[nH]2)NC(=O)[C@H](CC(=O)O)NC(=O)[C@H](Cc2c[nH]c3cc(F)ccc23)NC(=O)[C@H](Cc2c[nH]c3ccc(F)cc23)NC(=O)CNC(=O)[C@H](C)NC1=O. The lowest BCUT2D eigenvalue weighted by molar-refractivity contribution is -0.147. The Balaban J connectivity index is 1.06. The standard InChI is InChI=1S/C69H78F2N16O15/c1-35-60(94)77-33-57(90)81-52(25-41-31-75-48-18-14-42(70)26-47(41)48)63(97)82-53(24-40-30-76-50-27-43(71)13-17-46(40)50)64(98)84-55(29-58(91)92)66(100)83-54(28-44-32-73-34-78-44)65(99)85-56(23-38-9-15-45(89)16-10-38)67(101)87-21-5-19-69(87,3)68(102)86-51(59(72)93)22-37-7-11-39(12-8-37)61(95)74-20-4-6-49(62(96)79-35)80-36(2)88/h7-18,26-27,30-32,34-35,49,51-56,75-76,89H,4-6,19-25,28-29,33H2,1-3H3,(H2,72,93)(H,73,78)(H,74,95)(H,77,94)(H,79,96)(H,80,88)(H,81,90)(H,82,97)(H,83,100)(H,84,98)(H,85,99)(H,86,102)(H,91,92)/t35-,49-,51-,52-,53-,54-,55-,56-,69-/m0/s1. The summed E-state index contributed by atoms with van der Waals surface area (Å²) in [5.74, 6) is -14.1. The summed E-state index contributed by atoms with van der Waals surface area (Å²) >= 11 is 0. The molecule has 10 rings (SSSR count). The summed E-state index contributed by atoms with van der Waals surface area (Å²) < 4.78 is 29.4. The van der Waals surface area contributed by atoms with Crippen molar-refractivity contribution in [3.63, 3.8) is 0 Å². The number of hydrogen-bond donors (Lipinski definition) is 16. The third-order valence-corrected chi connectivity index (χ3v) is 17.7. The van der Waals surface area contributed by atoms with E-state index in [1.807, 2.05) is 0 Å². The molecule has 17 N–H and O–H groups in total. The van der Waals surface area contributed by atoms with Crippen LogP contribution in [0.3, 0.4) is 0 Å². The van der Waals surface area contributed by atoms with E-state index in [2.05, 4.69) is 73.1 Å². The summed E-state index contributed by atoms with van der Waals surface area (Å²) in [7, 11) is 0. The number of rotatable bonds is 12. The number of benzene rings is 4. The number of imidazole rings is 1. The number of carbonyl (C=O) groups is 13. The van der Waals surface area contributed by atoms with Crippen LogP contribution >= 0.6 is 0 Å². The molecule has 1 fully saturated rings. The Hall–Kier alpha value is -12.1. The maximum Gasteiger partial charge on any atom is 0.305 e. The van der Waals surface area contributed by atoms with Crippen LogP contribution in [-0.2, 0) is 89.6 Å². The van der Waals surface area contributed by atoms with Gasteiger partial charge in [0.1, 0.15) is 71.3 Å². The summed E-state index contributed by atoms with van der Waals surface area (Å²) in [5.41, 5.74) is 6.68. The molecule has 538 valence electrons. The number of aromatic nitrogens is 4. The van der Waals surface area contributed by atoms with E-state index >= 15 is 14.4 Å². The molecule has 0 aliphatic carbocycles. The van der Waals surface area contributed by atoms with Crippen LogP contribution < -0.4 is 58.9 Å². The van der Waals surface area contributed by atoms with Crippen LogP contribution in [-0.4, -0.2) is 185 Å². The minimum Gasteiger partial charge on any atom is -0.508 e. The highest BCUT2D eigenvalue weighted by Gasteiger charge is 2.49. The number of amides is 12. The van der Waals surface area contributed by atoms with E-state index in [1.54, 1.807) is 0 Å². The third-order valence-electron chi connectivity index (χ3n) is 17.7. The van der Waals surface area contributed by atoms with Crippen LogP contribution in [0.15, 0.2) is 110 Å². The van der Waals surface area contributed by atoms with Gasteiger partial charge in [-0.15, -0.1) is 0 Å². The Morgan fingerprint density at radius 3 is 1.93 bits per heavy atom. The molecule has 4 aromatic carbocycles. The molecule has 3 aliphatic rings. The molecule has 102 heavy (non-hydrogen) atoms. The Labute approximate surface area is 580 Å². The second-order valence-electron chi connectivity index (χ2n) is 25.3. The largest absolute Gasteiger partial charge is 0.508 e.